The number of likely N-dealkylation sites (N-methyl/N-ethyl adjacent to an activating group) is 1. The number of piperazine rings is 1. The van der Waals surface area contributed by atoms with Crippen molar-refractivity contribution in [2.45, 2.75) is 18.5 Å². The highest BCUT2D eigenvalue weighted by atomic mass is 19.1. The molecule has 2 bridgehead atoms. The molecule has 2 aromatic heterocycles. The van der Waals surface area contributed by atoms with Crippen molar-refractivity contribution in [2.24, 2.45) is 0 Å². The summed E-state index contributed by atoms with van der Waals surface area (Å²) in [7, 11) is 2.15. The predicted molar refractivity (Wildman–Crippen MR) is 143 cm³/mol. The Bertz CT molecular complexity index is 1220. The monoisotopic (exact) mass is 504 g/mol. The van der Waals surface area contributed by atoms with Crippen LogP contribution in [0.3, 0.4) is 0 Å². The Morgan fingerprint density at radius 1 is 1.05 bits per heavy atom. The summed E-state index contributed by atoms with van der Waals surface area (Å²) in [6.45, 7) is 7.24. The van der Waals surface area contributed by atoms with E-state index in [2.05, 4.69) is 47.3 Å². The van der Waals surface area contributed by atoms with Crippen LogP contribution in [-0.2, 0) is 4.74 Å². The molecule has 9 nitrogen and oxygen atoms in total. The summed E-state index contributed by atoms with van der Waals surface area (Å²) in [4.78, 5) is 20.4. The summed E-state index contributed by atoms with van der Waals surface area (Å²) in [5, 5.41) is 6.52. The second kappa shape index (κ2) is 10.6. The number of likely N-dealkylation sites (tertiary alicyclic amines) is 1. The fourth-order valence-corrected chi connectivity index (χ4v) is 5.50. The molecule has 2 N–H and O–H groups in total. The van der Waals surface area contributed by atoms with Crippen LogP contribution < -0.4 is 15.5 Å². The number of fused-ring (bicyclic) bond motifs is 2. The van der Waals surface area contributed by atoms with Gasteiger partial charge in [-0.05, 0) is 49.9 Å². The third kappa shape index (κ3) is 5.36. The molecule has 0 radical (unpaired) electrons. The van der Waals surface area contributed by atoms with E-state index >= 15 is 4.39 Å². The van der Waals surface area contributed by atoms with E-state index in [-0.39, 0.29) is 5.82 Å². The zero-order chi connectivity index (χ0) is 25.2. The zero-order valence-electron chi connectivity index (χ0n) is 21.1. The highest BCUT2D eigenvalue weighted by molar-refractivity contribution is 5.64. The van der Waals surface area contributed by atoms with Crippen LogP contribution in [0, 0.1) is 5.82 Å². The molecule has 0 saturated carbocycles. The van der Waals surface area contributed by atoms with Crippen LogP contribution in [0.1, 0.15) is 6.42 Å². The molecule has 10 heteroatoms. The quantitative estimate of drug-likeness (QED) is 0.481. The van der Waals surface area contributed by atoms with Crippen LogP contribution >= 0.6 is 0 Å². The van der Waals surface area contributed by atoms with Crippen LogP contribution in [0.15, 0.2) is 48.8 Å². The van der Waals surface area contributed by atoms with Gasteiger partial charge in [0.1, 0.15) is 11.6 Å². The van der Waals surface area contributed by atoms with E-state index in [1.807, 2.05) is 30.3 Å². The van der Waals surface area contributed by atoms with E-state index in [4.69, 9.17) is 4.74 Å². The number of hydrogen-bond acceptors (Lipinski definition) is 9. The second-order valence-corrected chi connectivity index (χ2v) is 10.0. The molecule has 6 rings (SSSR count). The van der Waals surface area contributed by atoms with Gasteiger partial charge in [-0.1, -0.05) is 0 Å². The number of morpholine rings is 1. The lowest BCUT2D eigenvalue weighted by Gasteiger charge is -2.33. The van der Waals surface area contributed by atoms with E-state index in [0.29, 0.717) is 29.4 Å². The molecule has 3 aliphatic heterocycles. The van der Waals surface area contributed by atoms with Gasteiger partial charge in [0.2, 0.25) is 5.95 Å². The highest BCUT2D eigenvalue weighted by Gasteiger charge is 2.42. The molecule has 1 aromatic carbocycles. The van der Waals surface area contributed by atoms with Gasteiger partial charge in [0.05, 0.1) is 24.6 Å². The molecule has 2 atom stereocenters. The average Bonchev–Trinajstić information content (AvgIpc) is 3.50. The van der Waals surface area contributed by atoms with Gasteiger partial charge in [-0.2, -0.15) is 0 Å². The lowest BCUT2D eigenvalue weighted by Crippen LogP contribution is -2.44. The van der Waals surface area contributed by atoms with E-state index in [9.17, 15) is 0 Å². The molecule has 3 fully saturated rings. The maximum Gasteiger partial charge on any atom is 0.227 e. The first-order chi connectivity index (χ1) is 18.1. The summed E-state index contributed by atoms with van der Waals surface area (Å²) >= 11 is 0. The fourth-order valence-electron chi connectivity index (χ4n) is 5.50. The molecule has 3 aromatic rings. The van der Waals surface area contributed by atoms with Gasteiger partial charge in [-0.3, -0.25) is 9.80 Å². The number of nitrogens with one attached hydrogen (secondary N) is 2. The van der Waals surface area contributed by atoms with Crippen molar-refractivity contribution in [1.29, 1.82) is 0 Å². The Morgan fingerprint density at radius 2 is 1.95 bits per heavy atom. The maximum atomic E-state index is 15.0. The number of aromatic nitrogens is 3. The number of nitrogens with zero attached hydrogens (tertiary/aromatic N) is 6. The Kier molecular flexibility index (Phi) is 6.86. The first-order valence-electron chi connectivity index (χ1n) is 13.0. The molecular weight excluding hydrogens is 471 g/mol. The maximum absolute atomic E-state index is 15.0. The van der Waals surface area contributed by atoms with Gasteiger partial charge in [0.25, 0.3) is 0 Å². The number of anilines is 4. The van der Waals surface area contributed by atoms with E-state index in [1.54, 1.807) is 12.4 Å². The Hall–Kier alpha value is -3.34. The van der Waals surface area contributed by atoms with Gasteiger partial charge >= 0.3 is 0 Å². The fraction of sp³-hybridized carbons (Fsp3) is 0.444. The van der Waals surface area contributed by atoms with Crippen molar-refractivity contribution in [3.05, 3.63) is 54.6 Å². The molecule has 37 heavy (non-hydrogen) atoms. The number of halogens is 1. The topological polar surface area (TPSA) is 81.7 Å². The summed E-state index contributed by atoms with van der Waals surface area (Å²) < 4.78 is 20.4. The smallest absolute Gasteiger partial charge is 0.227 e. The lowest BCUT2D eigenvalue weighted by molar-refractivity contribution is 0.0398. The number of benzene rings is 1. The molecule has 0 spiro atoms. The highest BCUT2D eigenvalue weighted by Crippen LogP contribution is 2.35. The van der Waals surface area contributed by atoms with Crippen LogP contribution in [0.4, 0.5) is 27.5 Å². The van der Waals surface area contributed by atoms with Crippen molar-refractivity contribution >= 4 is 23.1 Å². The zero-order valence-corrected chi connectivity index (χ0v) is 21.1. The van der Waals surface area contributed by atoms with Crippen molar-refractivity contribution in [3.63, 3.8) is 0 Å². The Morgan fingerprint density at radius 3 is 2.68 bits per heavy atom. The van der Waals surface area contributed by atoms with Crippen LogP contribution in [-0.4, -0.2) is 96.4 Å². The van der Waals surface area contributed by atoms with Crippen LogP contribution in [0.2, 0.25) is 0 Å². The third-order valence-corrected chi connectivity index (χ3v) is 7.58. The van der Waals surface area contributed by atoms with Crippen LogP contribution in [0.5, 0.6) is 0 Å². The van der Waals surface area contributed by atoms with Crippen LogP contribution in [0.25, 0.3) is 11.3 Å². The first kappa shape index (κ1) is 24.0. The summed E-state index contributed by atoms with van der Waals surface area (Å²) in [6, 6.07) is 12.0. The SMILES string of the molecule is CN1C[C@@H]2C[C@H]1CN2c1ccc(Nc2nccc(-c3ccc(NCCN4CCOCC4)nc3)n2)cc1F. The molecule has 0 unspecified atom stereocenters. The van der Waals surface area contributed by atoms with E-state index in [1.165, 1.54) is 6.07 Å². The molecule has 194 valence electrons. The largest absolute Gasteiger partial charge is 0.379 e. The molecule has 3 aliphatic rings. The van der Waals surface area contributed by atoms with Crippen molar-refractivity contribution in [2.75, 3.05) is 75.1 Å². The Labute approximate surface area is 216 Å². The summed E-state index contributed by atoms with van der Waals surface area (Å²) in [5.74, 6) is 1.02. The number of pyridine rings is 1. The summed E-state index contributed by atoms with van der Waals surface area (Å²) in [5.41, 5.74) is 2.93. The molecule has 5 heterocycles. The van der Waals surface area contributed by atoms with Crippen molar-refractivity contribution in [3.8, 4) is 11.3 Å². The molecular formula is C27H33FN8O. The first-order valence-corrected chi connectivity index (χ1v) is 13.0. The second-order valence-electron chi connectivity index (χ2n) is 10.0. The normalized spacial score (nSPS) is 21.9. The summed E-state index contributed by atoms with van der Waals surface area (Å²) in [6.07, 6.45) is 4.61. The molecule has 0 aliphatic carbocycles. The number of hydrogen-bond donors (Lipinski definition) is 2. The van der Waals surface area contributed by atoms with Gasteiger partial charge in [-0.25, -0.2) is 19.3 Å². The minimum atomic E-state index is -0.225. The minimum Gasteiger partial charge on any atom is -0.379 e. The Balaban J connectivity index is 1.07. The lowest BCUT2D eigenvalue weighted by atomic mass is 10.2. The van der Waals surface area contributed by atoms with Gasteiger partial charge in [0.15, 0.2) is 0 Å². The number of rotatable bonds is 8. The number of ether oxygens (including phenoxy) is 1. The van der Waals surface area contributed by atoms with Gasteiger partial charge in [-0.15, -0.1) is 0 Å². The van der Waals surface area contributed by atoms with Crippen molar-refractivity contribution < 1.29 is 9.13 Å². The van der Waals surface area contributed by atoms with E-state index < -0.39 is 0 Å². The minimum absolute atomic E-state index is 0.225. The molecule has 0 amide bonds. The standard InChI is InChI=1S/C27H33FN8O/c1-34-17-22-15-21(34)18-36(22)25-4-3-20(14-23(25)28)32-27-30-7-6-24(33-27)19-2-5-26(31-16-19)29-8-9-35-10-12-37-13-11-35/h2-7,14,16,21-22H,8-13,15,17-18H2,1H3,(H,29,31)(H,30,32,33)/t21-,22-/m0/s1. The van der Waals surface area contributed by atoms with Crippen molar-refractivity contribution in [1.82, 2.24) is 24.8 Å². The van der Waals surface area contributed by atoms with Gasteiger partial charge in [0, 0.05) is 75.0 Å². The predicted octanol–water partition coefficient (Wildman–Crippen LogP) is 3.06. The average molecular weight is 505 g/mol. The molecule has 3 saturated heterocycles. The van der Waals surface area contributed by atoms with Gasteiger partial charge < -0.3 is 20.3 Å². The van der Waals surface area contributed by atoms with E-state index in [0.717, 1.165) is 76.0 Å². The third-order valence-electron chi connectivity index (χ3n) is 7.58.